The van der Waals surface area contributed by atoms with Crippen LogP contribution < -0.4 is 11.2 Å². The second-order valence-corrected chi connectivity index (χ2v) is 2.24. The van der Waals surface area contributed by atoms with E-state index in [1.165, 1.54) is 6.20 Å². The van der Waals surface area contributed by atoms with Gasteiger partial charge in [0.25, 0.3) is 0 Å². The lowest BCUT2D eigenvalue weighted by molar-refractivity contribution is 0.200. The molecule has 5 nitrogen and oxygen atoms in total. The second kappa shape index (κ2) is 4.95. The summed E-state index contributed by atoms with van der Waals surface area (Å²) in [4.78, 5) is 10.00. The standard InChI is InChI=1S/C4H9N3O2S/c1-3-7(2)10-9-6-4(5)8/h3H,1H2,2H3,(H3,5,6,8). The van der Waals surface area contributed by atoms with Crippen LogP contribution >= 0.6 is 12.2 Å². The summed E-state index contributed by atoms with van der Waals surface area (Å²) < 4.78 is 6.05. The van der Waals surface area contributed by atoms with Crippen LogP contribution in [0.4, 0.5) is 4.79 Å². The number of urea groups is 1. The maximum atomic E-state index is 10.00. The summed E-state index contributed by atoms with van der Waals surface area (Å²) in [6.45, 7) is 3.44. The first kappa shape index (κ1) is 9.12. The summed E-state index contributed by atoms with van der Waals surface area (Å²) in [5.74, 6) is 0. The van der Waals surface area contributed by atoms with Crippen LogP contribution in [0, 0.1) is 0 Å². The fraction of sp³-hybridized carbons (Fsp3) is 0.250. The summed E-state index contributed by atoms with van der Waals surface area (Å²) in [5.41, 5.74) is 6.61. The monoisotopic (exact) mass is 163 g/mol. The number of nitrogens with zero attached hydrogens (tertiary/aromatic N) is 1. The number of hydrogen-bond acceptors (Lipinski definition) is 4. The molecule has 0 aromatic carbocycles. The van der Waals surface area contributed by atoms with Crippen LogP contribution in [-0.4, -0.2) is 17.4 Å². The van der Waals surface area contributed by atoms with Gasteiger partial charge in [-0.05, 0) is 0 Å². The van der Waals surface area contributed by atoms with Gasteiger partial charge >= 0.3 is 6.03 Å². The molecule has 0 aliphatic carbocycles. The van der Waals surface area contributed by atoms with Crippen molar-refractivity contribution >= 4 is 18.3 Å². The van der Waals surface area contributed by atoms with Crippen LogP contribution in [0.25, 0.3) is 0 Å². The summed E-state index contributed by atoms with van der Waals surface area (Å²) >= 11 is 0.908. The van der Waals surface area contributed by atoms with Crippen molar-refractivity contribution in [1.29, 1.82) is 0 Å². The number of carbonyl (C=O) groups excluding carboxylic acids is 1. The molecular weight excluding hydrogens is 154 g/mol. The maximum Gasteiger partial charge on any atom is 0.337 e. The van der Waals surface area contributed by atoms with E-state index in [9.17, 15) is 4.79 Å². The molecule has 0 aromatic rings. The molecule has 0 saturated heterocycles. The smallest absolute Gasteiger partial charge is 0.337 e. The fourth-order valence-corrected chi connectivity index (χ4v) is 0.447. The molecular formula is C4H9N3O2S. The van der Waals surface area contributed by atoms with Crippen LogP contribution in [0.5, 0.6) is 0 Å². The summed E-state index contributed by atoms with van der Waals surface area (Å²) in [7, 11) is 1.71. The number of nitrogens with two attached hydrogens (primary N) is 1. The van der Waals surface area contributed by atoms with Gasteiger partial charge in [-0.1, -0.05) is 6.58 Å². The van der Waals surface area contributed by atoms with Crippen molar-refractivity contribution in [3.63, 3.8) is 0 Å². The minimum Gasteiger partial charge on any atom is -0.350 e. The number of primary amides is 1. The minimum absolute atomic E-state index is 0.732. The van der Waals surface area contributed by atoms with E-state index >= 15 is 0 Å². The Balaban J connectivity index is 3.19. The van der Waals surface area contributed by atoms with Crippen molar-refractivity contribution in [3.05, 3.63) is 12.8 Å². The Bertz CT molecular complexity index is 130. The molecule has 3 N–H and O–H groups in total. The Kier molecular flexibility index (Phi) is 4.51. The molecule has 0 rings (SSSR count). The van der Waals surface area contributed by atoms with Crippen LogP contribution in [0.3, 0.4) is 0 Å². The number of nitrogens with one attached hydrogen (secondary N) is 1. The van der Waals surface area contributed by atoms with E-state index in [4.69, 9.17) is 0 Å². The molecule has 0 bridgehead atoms. The molecule has 0 unspecified atom stereocenters. The zero-order valence-corrected chi connectivity index (χ0v) is 6.35. The van der Waals surface area contributed by atoms with Crippen molar-refractivity contribution in [2.24, 2.45) is 5.73 Å². The lowest BCUT2D eigenvalue weighted by Gasteiger charge is -2.08. The van der Waals surface area contributed by atoms with Gasteiger partial charge in [-0.15, -0.1) is 0 Å². The van der Waals surface area contributed by atoms with Gasteiger partial charge in [-0.3, -0.25) is 0 Å². The summed E-state index contributed by atoms with van der Waals surface area (Å²) in [5, 5.41) is 0. The van der Waals surface area contributed by atoms with E-state index in [-0.39, 0.29) is 0 Å². The van der Waals surface area contributed by atoms with Gasteiger partial charge in [-0.25, -0.2) is 10.3 Å². The minimum atomic E-state index is -0.732. The normalized spacial score (nSPS) is 8.50. The fourth-order valence-electron chi connectivity index (χ4n) is 0.149. The van der Waals surface area contributed by atoms with E-state index in [2.05, 4.69) is 16.6 Å². The van der Waals surface area contributed by atoms with E-state index in [0.717, 1.165) is 12.2 Å². The Morgan fingerprint density at radius 1 is 2.00 bits per heavy atom. The van der Waals surface area contributed by atoms with Crippen molar-refractivity contribution in [3.8, 4) is 0 Å². The Morgan fingerprint density at radius 3 is 3.00 bits per heavy atom. The number of rotatable bonds is 4. The van der Waals surface area contributed by atoms with E-state index in [0.29, 0.717) is 0 Å². The highest BCUT2D eigenvalue weighted by atomic mass is 32.2. The van der Waals surface area contributed by atoms with Gasteiger partial charge in [0.15, 0.2) is 0 Å². The molecule has 0 aromatic heterocycles. The van der Waals surface area contributed by atoms with Crippen LogP contribution in [-0.2, 0) is 4.28 Å². The Morgan fingerprint density at radius 2 is 2.60 bits per heavy atom. The number of hydrogen-bond donors (Lipinski definition) is 2. The number of amides is 2. The molecule has 0 spiro atoms. The third-order valence-electron chi connectivity index (χ3n) is 0.554. The third-order valence-corrected chi connectivity index (χ3v) is 1.10. The Hall–Kier alpha value is -0.880. The summed E-state index contributed by atoms with van der Waals surface area (Å²) in [6, 6.07) is -0.732. The first-order valence-corrected chi connectivity index (χ1v) is 3.11. The first-order chi connectivity index (χ1) is 4.66. The molecule has 0 aliphatic heterocycles. The molecule has 0 fully saturated rings. The van der Waals surface area contributed by atoms with Crippen LogP contribution in [0.2, 0.25) is 0 Å². The highest BCUT2D eigenvalue weighted by Gasteiger charge is 1.93. The average molecular weight is 163 g/mol. The van der Waals surface area contributed by atoms with Crippen LogP contribution in [0.15, 0.2) is 12.8 Å². The highest BCUT2D eigenvalue weighted by Crippen LogP contribution is 2.04. The topological polar surface area (TPSA) is 67.6 Å². The van der Waals surface area contributed by atoms with Gasteiger partial charge in [0.2, 0.25) is 0 Å². The molecule has 10 heavy (non-hydrogen) atoms. The third kappa shape index (κ3) is 5.26. The molecule has 2 amide bonds. The predicted octanol–water partition coefficient (Wildman–Crippen LogP) is 0.225. The van der Waals surface area contributed by atoms with Crippen LogP contribution in [0.1, 0.15) is 0 Å². The van der Waals surface area contributed by atoms with Crippen molar-refractivity contribution in [1.82, 2.24) is 9.79 Å². The maximum absolute atomic E-state index is 10.00. The second-order valence-electron chi connectivity index (χ2n) is 1.35. The van der Waals surface area contributed by atoms with Gasteiger partial charge in [0.1, 0.15) is 12.2 Å². The van der Waals surface area contributed by atoms with E-state index in [1.54, 1.807) is 11.4 Å². The summed E-state index contributed by atoms with van der Waals surface area (Å²) in [6.07, 6.45) is 1.52. The number of hydroxylamine groups is 1. The SMILES string of the molecule is C=CN(C)SONC(N)=O. The lowest BCUT2D eigenvalue weighted by Crippen LogP contribution is -2.28. The van der Waals surface area contributed by atoms with Gasteiger partial charge < -0.3 is 10.0 Å². The molecule has 58 valence electrons. The molecule has 0 aliphatic rings. The zero-order chi connectivity index (χ0) is 7.98. The Labute approximate surface area is 63.5 Å². The predicted molar refractivity (Wildman–Crippen MR) is 39.4 cm³/mol. The zero-order valence-electron chi connectivity index (χ0n) is 5.53. The molecule has 0 heterocycles. The van der Waals surface area contributed by atoms with Gasteiger partial charge in [-0.2, -0.15) is 4.28 Å². The van der Waals surface area contributed by atoms with E-state index in [1.807, 2.05) is 5.48 Å². The number of carbonyl (C=O) groups is 1. The molecule has 0 atom stereocenters. The highest BCUT2D eigenvalue weighted by molar-refractivity contribution is 7.92. The van der Waals surface area contributed by atoms with Crippen molar-refractivity contribution in [2.45, 2.75) is 0 Å². The molecule has 0 radical (unpaired) electrons. The van der Waals surface area contributed by atoms with Crippen molar-refractivity contribution in [2.75, 3.05) is 7.05 Å². The van der Waals surface area contributed by atoms with E-state index < -0.39 is 6.03 Å². The van der Waals surface area contributed by atoms with Crippen molar-refractivity contribution < 1.29 is 9.08 Å². The largest absolute Gasteiger partial charge is 0.350 e. The quantitative estimate of drug-likeness (QED) is 0.353. The lowest BCUT2D eigenvalue weighted by atomic mass is 11.0. The average Bonchev–Trinajstić information content (AvgIpc) is 1.87. The first-order valence-electron chi connectivity index (χ1n) is 2.41. The molecule has 6 heteroatoms. The molecule has 0 saturated carbocycles. The van der Waals surface area contributed by atoms with Gasteiger partial charge in [0, 0.05) is 13.2 Å². The van der Waals surface area contributed by atoms with Gasteiger partial charge in [0.05, 0.1) is 0 Å².